The van der Waals surface area contributed by atoms with E-state index in [9.17, 15) is 4.79 Å². The highest BCUT2D eigenvalue weighted by Crippen LogP contribution is 2.20. The van der Waals surface area contributed by atoms with Crippen molar-refractivity contribution < 1.29 is 9.21 Å². The van der Waals surface area contributed by atoms with Gasteiger partial charge in [-0.2, -0.15) is 0 Å². The molecule has 0 fully saturated rings. The second kappa shape index (κ2) is 4.79. The number of hydrogen-bond acceptors (Lipinski definition) is 2. The Morgan fingerprint density at radius 1 is 1.38 bits per heavy atom. The molecule has 0 amide bonds. The molecule has 0 N–H and O–H groups in total. The van der Waals surface area contributed by atoms with Gasteiger partial charge in [-0.1, -0.05) is 24.3 Å². The van der Waals surface area contributed by atoms with E-state index in [0.29, 0.717) is 12.2 Å². The molecule has 82 valence electrons. The van der Waals surface area contributed by atoms with Crippen LogP contribution in [0.25, 0.3) is 11.0 Å². The van der Waals surface area contributed by atoms with Crippen LogP contribution >= 0.6 is 0 Å². The average molecular weight is 214 g/mol. The summed E-state index contributed by atoms with van der Waals surface area (Å²) in [5.74, 6) is 0.531. The highest BCUT2D eigenvalue weighted by atomic mass is 16.3. The van der Waals surface area contributed by atoms with E-state index in [-0.39, 0.29) is 5.78 Å². The van der Waals surface area contributed by atoms with E-state index in [1.165, 1.54) is 0 Å². The first kappa shape index (κ1) is 10.7. The van der Waals surface area contributed by atoms with Gasteiger partial charge in [-0.25, -0.2) is 0 Å². The first-order valence-corrected chi connectivity index (χ1v) is 5.44. The van der Waals surface area contributed by atoms with Crippen LogP contribution in [0.4, 0.5) is 0 Å². The zero-order valence-electron chi connectivity index (χ0n) is 9.11. The van der Waals surface area contributed by atoms with Crippen LogP contribution in [0.15, 0.2) is 47.4 Å². The number of hydrogen-bond donors (Lipinski definition) is 0. The monoisotopic (exact) mass is 214 g/mol. The smallest absolute Gasteiger partial charge is 0.198 e. The molecule has 0 saturated heterocycles. The lowest BCUT2D eigenvalue weighted by Crippen LogP contribution is -1.95. The number of rotatable bonds is 5. The Bertz CT molecular complexity index is 475. The molecule has 0 saturated carbocycles. The molecule has 0 aliphatic carbocycles. The number of Topliss-reactive ketones (excluding diaryl/α,β-unsaturated/α-hetero) is 1. The van der Waals surface area contributed by atoms with Crippen molar-refractivity contribution in [2.45, 2.75) is 19.3 Å². The molecule has 16 heavy (non-hydrogen) atoms. The summed E-state index contributed by atoms with van der Waals surface area (Å²) in [5, 5.41) is 0.981. The number of allylic oxidation sites excluding steroid dienone is 1. The van der Waals surface area contributed by atoms with Crippen molar-refractivity contribution in [1.29, 1.82) is 0 Å². The summed E-state index contributed by atoms with van der Waals surface area (Å²) >= 11 is 0. The van der Waals surface area contributed by atoms with Crippen LogP contribution in [-0.2, 0) is 0 Å². The lowest BCUT2D eigenvalue weighted by molar-refractivity contribution is 0.0955. The molecule has 2 rings (SSSR count). The lowest BCUT2D eigenvalue weighted by Gasteiger charge is -1.94. The Hall–Kier alpha value is -1.83. The average Bonchev–Trinajstić information content (AvgIpc) is 2.73. The van der Waals surface area contributed by atoms with Gasteiger partial charge >= 0.3 is 0 Å². The van der Waals surface area contributed by atoms with Gasteiger partial charge in [-0.15, -0.1) is 6.58 Å². The molecule has 0 aliphatic rings. The van der Waals surface area contributed by atoms with Crippen molar-refractivity contribution in [1.82, 2.24) is 0 Å². The normalized spacial score (nSPS) is 10.5. The van der Waals surface area contributed by atoms with Gasteiger partial charge < -0.3 is 4.42 Å². The van der Waals surface area contributed by atoms with Crippen LogP contribution in [0.5, 0.6) is 0 Å². The summed E-state index contributed by atoms with van der Waals surface area (Å²) in [4.78, 5) is 11.8. The number of para-hydroxylation sites is 1. The maximum atomic E-state index is 11.8. The van der Waals surface area contributed by atoms with Gasteiger partial charge in [0.2, 0.25) is 0 Å². The van der Waals surface area contributed by atoms with Crippen molar-refractivity contribution in [3.05, 3.63) is 48.7 Å². The van der Waals surface area contributed by atoms with E-state index in [4.69, 9.17) is 4.42 Å². The van der Waals surface area contributed by atoms with Crippen LogP contribution in [0.1, 0.15) is 29.8 Å². The Balaban J connectivity index is 2.13. The second-order valence-electron chi connectivity index (χ2n) is 3.75. The van der Waals surface area contributed by atoms with E-state index in [0.717, 1.165) is 23.8 Å². The number of fused-ring (bicyclic) bond motifs is 1. The predicted molar refractivity (Wildman–Crippen MR) is 64.6 cm³/mol. The SMILES string of the molecule is C=CCCCC(=O)c1cc2ccccc2o1. The molecule has 2 heteroatoms. The zero-order chi connectivity index (χ0) is 11.4. The molecule has 1 aromatic carbocycles. The lowest BCUT2D eigenvalue weighted by atomic mass is 10.1. The highest BCUT2D eigenvalue weighted by molar-refractivity contribution is 5.97. The third-order valence-corrected chi connectivity index (χ3v) is 2.51. The van der Waals surface area contributed by atoms with E-state index in [1.54, 1.807) is 0 Å². The van der Waals surface area contributed by atoms with E-state index in [2.05, 4.69) is 6.58 Å². The van der Waals surface area contributed by atoms with E-state index >= 15 is 0 Å². The molecule has 0 bridgehead atoms. The molecule has 1 heterocycles. The topological polar surface area (TPSA) is 30.2 Å². The summed E-state index contributed by atoms with van der Waals surface area (Å²) in [6.45, 7) is 3.63. The molecular formula is C14H14O2. The summed E-state index contributed by atoms with van der Waals surface area (Å²) < 4.78 is 5.49. The predicted octanol–water partition coefficient (Wildman–Crippen LogP) is 3.97. The third-order valence-electron chi connectivity index (χ3n) is 2.51. The Labute approximate surface area is 94.6 Å². The van der Waals surface area contributed by atoms with Crippen molar-refractivity contribution in [3.8, 4) is 0 Å². The van der Waals surface area contributed by atoms with Gasteiger partial charge in [0.15, 0.2) is 11.5 Å². The summed E-state index contributed by atoms with van der Waals surface area (Å²) in [6, 6.07) is 9.46. The molecule has 0 radical (unpaired) electrons. The fourth-order valence-corrected chi connectivity index (χ4v) is 1.65. The summed E-state index contributed by atoms with van der Waals surface area (Å²) in [7, 11) is 0. The van der Waals surface area contributed by atoms with E-state index in [1.807, 2.05) is 36.4 Å². The molecule has 1 aromatic heterocycles. The number of furan rings is 1. The van der Waals surface area contributed by atoms with Crippen molar-refractivity contribution in [2.24, 2.45) is 0 Å². The fraction of sp³-hybridized carbons (Fsp3) is 0.214. The molecular weight excluding hydrogens is 200 g/mol. The second-order valence-corrected chi connectivity index (χ2v) is 3.75. The van der Waals surface area contributed by atoms with Crippen LogP contribution in [0.2, 0.25) is 0 Å². The Morgan fingerprint density at radius 3 is 2.94 bits per heavy atom. The first-order valence-electron chi connectivity index (χ1n) is 5.44. The number of ketones is 1. The molecule has 0 atom stereocenters. The molecule has 0 aliphatic heterocycles. The van der Waals surface area contributed by atoms with Crippen LogP contribution in [-0.4, -0.2) is 5.78 Å². The molecule has 2 nitrogen and oxygen atoms in total. The maximum Gasteiger partial charge on any atom is 0.198 e. The number of unbranched alkanes of at least 4 members (excludes halogenated alkanes) is 1. The van der Waals surface area contributed by atoms with Crippen LogP contribution in [0, 0.1) is 0 Å². The van der Waals surface area contributed by atoms with Gasteiger partial charge in [0.1, 0.15) is 5.58 Å². The minimum absolute atomic E-state index is 0.0676. The molecule has 0 spiro atoms. The Kier molecular flexibility index (Phi) is 3.20. The summed E-state index contributed by atoms with van der Waals surface area (Å²) in [5.41, 5.74) is 0.773. The highest BCUT2D eigenvalue weighted by Gasteiger charge is 2.10. The van der Waals surface area contributed by atoms with Crippen molar-refractivity contribution in [2.75, 3.05) is 0 Å². The van der Waals surface area contributed by atoms with Crippen molar-refractivity contribution >= 4 is 16.8 Å². The van der Waals surface area contributed by atoms with Gasteiger partial charge in [0.05, 0.1) is 0 Å². The van der Waals surface area contributed by atoms with Crippen molar-refractivity contribution in [3.63, 3.8) is 0 Å². The van der Waals surface area contributed by atoms with E-state index < -0.39 is 0 Å². The number of benzene rings is 1. The number of carbonyl (C=O) groups excluding carboxylic acids is 1. The number of carbonyl (C=O) groups is 1. The zero-order valence-corrected chi connectivity index (χ0v) is 9.11. The largest absolute Gasteiger partial charge is 0.453 e. The van der Waals surface area contributed by atoms with Crippen LogP contribution in [0.3, 0.4) is 0 Å². The molecule has 2 aromatic rings. The minimum Gasteiger partial charge on any atom is -0.453 e. The van der Waals surface area contributed by atoms with Gasteiger partial charge in [-0.3, -0.25) is 4.79 Å². The standard InChI is InChI=1S/C14H14O2/c1-2-3-4-8-12(15)14-10-11-7-5-6-9-13(11)16-14/h2,5-7,9-10H,1,3-4,8H2. The Morgan fingerprint density at radius 2 is 2.19 bits per heavy atom. The van der Waals surface area contributed by atoms with Gasteiger partial charge in [0, 0.05) is 11.8 Å². The fourth-order valence-electron chi connectivity index (χ4n) is 1.65. The summed E-state index contributed by atoms with van der Waals surface area (Å²) in [6.07, 6.45) is 4.04. The molecule has 0 unspecified atom stereocenters. The third kappa shape index (κ3) is 2.22. The minimum atomic E-state index is 0.0676. The first-order chi connectivity index (χ1) is 7.81. The van der Waals surface area contributed by atoms with Crippen LogP contribution < -0.4 is 0 Å². The quantitative estimate of drug-likeness (QED) is 0.428. The van der Waals surface area contributed by atoms with Gasteiger partial charge in [0.25, 0.3) is 0 Å². The van der Waals surface area contributed by atoms with Gasteiger partial charge in [-0.05, 0) is 25.0 Å². The maximum absolute atomic E-state index is 11.8.